The van der Waals surface area contributed by atoms with E-state index < -0.39 is 10.7 Å². The van der Waals surface area contributed by atoms with Gasteiger partial charge in [-0.2, -0.15) is 5.26 Å². The number of piperidine rings is 1. The smallest absolute Gasteiger partial charge is 0.407 e. The highest BCUT2D eigenvalue weighted by Gasteiger charge is 2.21. The molecule has 0 unspecified atom stereocenters. The number of aromatic nitrogens is 1. The second-order valence-electron chi connectivity index (χ2n) is 8.02. The number of carbonyl (C=O) groups is 1. The van der Waals surface area contributed by atoms with Crippen LogP contribution in [0.3, 0.4) is 0 Å². The number of nitrogens with one attached hydrogen (secondary N) is 1. The fourth-order valence-electron chi connectivity index (χ4n) is 4.11. The minimum absolute atomic E-state index is 0.0664. The SMILES string of the molecule is N#Cc1ccc(N2CCC(NC(=O)CCCn3c(=O)oc4cc([N+](=O)[O-])ccc43)CC2)cc1. The van der Waals surface area contributed by atoms with Gasteiger partial charge < -0.3 is 14.6 Å². The molecule has 33 heavy (non-hydrogen) atoms. The van der Waals surface area contributed by atoms with Gasteiger partial charge in [0.2, 0.25) is 5.91 Å². The van der Waals surface area contributed by atoms with E-state index in [0.717, 1.165) is 31.6 Å². The highest BCUT2D eigenvalue weighted by molar-refractivity contribution is 5.77. The van der Waals surface area contributed by atoms with Gasteiger partial charge >= 0.3 is 5.76 Å². The fraction of sp³-hybridized carbons (Fsp3) is 0.348. The summed E-state index contributed by atoms with van der Waals surface area (Å²) in [5, 5.41) is 22.9. The number of non-ortho nitro benzene ring substituents is 1. The van der Waals surface area contributed by atoms with Gasteiger partial charge in [-0.05, 0) is 49.6 Å². The van der Waals surface area contributed by atoms with Gasteiger partial charge in [0.1, 0.15) is 0 Å². The predicted molar refractivity (Wildman–Crippen MR) is 121 cm³/mol. The first-order valence-corrected chi connectivity index (χ1v) is 10.8. The van der Waals surface area contributed by atoms with Gasteiger partial charge in [-0.15, -0.1) is 0 Å². The number of hydrogen-bond donors (Lipinski definition) is 1. The maximum absolute atomic E-state index is 12.4. The molecule has 1 aromatic heterocycles. The zero-order chi connectivity index (χ0) is 23.4. The number of nitriles is 1. The first kappa shape index (κ1) is 22.1. The van der Waals surface area contributed by atoms with Crippen LogP contribution in [0, 0.1) is 21.4 Å². The maximum Gasteiger partial charge on any atom is 0.419 e. The lowest BCUT2D eigenvalue weighted by molar-refractivity contribution is -0.384. The topological polar surface area (TPSA) is 134 Å². The Morgan fingerprint density at radius 3 is 2.61 bits per heavy atom. The summed E-state index contributed by atoms with van der Waals surface area (Å²) in [6, 6.07) is 13.7. The second-order valence-corrected chi connectivity index (χ2v) is 8.02. The van der Waals surface area contributed by atoms with Crippen LogP contribution in [0.2, 0.25) is 0 Å². The largest absolute Gasteiger partial charge is 0.419 e. The highest BCUT2D eigenvalue weighted by Crippen LogP contribution is 2.22. The molecular weight excluding hydrogens is 426 g/mol. The molecular formula is C23H23N5O5. The average molecular weight is 449 g/mol. The van der Waals surface area contributed by atoms with Crippen LogP contribution in [-0.2, 0) is 11.3 Å². The maximum atomic E-state index is 12.4. The lowest BCUT2D eigenvalue weighted by Crippen LogP contribution is -2.44. The van der Waals surface area contributed by atoms with Crippen LogP contribution >= 0.6 is 0 Å². The van der Waals surface area contributed by atoms with Gasteiger partial charge in [0, 0.05) is 43.9 Å². The predicted octanol–water partition coefficient (Wildman–Crippen LogP) is 2.94. The van der Waals surface area contributed by atoms with Crippen molar-refractivity contribution in [3.8, 4) is 6.07 Å². The number of rotatable bonds is 7. The molecule has 0 saturated carbocycles. The number of hydrogen-bond acceptors (Lipinski definition) is 7. The van der Waals surface area contributed by atoms with Crippen molar-refractivity contribution >= 4 is 28.4 Å². The molecule has 2 heterocycles. The number of aryl methyl sites for hydroxylation is 1. The van der Waals surface area contributed by atoms with Crippen LogP contribution < -0.4 is 16.0 Å². The number of nitro benzene ring substituents is 1. The number of nitro groups is 1. The molecule has 10 nitrogen and oxygen atoms in total. The zero-order valence-electron chi connectivity index (χ0n) is 17.9. The van der Waals surface area contributed by atoms with E-state index in [-0.39, 0.29) is 36.2 Å². The van der Waals surface area contributed by atoms with Gasteiger partial charge in [0.15, 0.2) is 5.58 Å². The summed E-state index contributed by atoms with van der Waals surface area (Å²) in [4.78, 5) is 37.1. The number of nitrogens with zero attached hydrogens (tertiary/aromatic N) is 4. The molecule has 170 valence electrons. The molecule has 0 aliphatic carbocycles. The van der Waals surface area contributed by atoms with Crippen molar-refractivity contribution in [2.24, 2.45) is 0 Å². The molecule has 0 bridgehead atoms. The van der Waals surface area contributed by atoms with Crippen molar-refractivity contribution in [1.29, 1.82) is 5.26 Å². The van der Waals surface area contributed by atoms with Crippen LogP contribution in [0.25, 0.3) is 11.1 Å². The number of oxazole rings is 1. The van der Waals surface area contributed by atoms with Crippen LogP contribution in [0.1, 0.15) is 31.2 Å². The molecule has 0 radical (unpaired) electrons. The normalized spacial score (nSPS) is 14.2. The van der Waals surface area contributed by atoms with Gasteiger partial charge in [0.25, 0.3) is 5.69 Å². The molecule has 1 aliphatic rings. The Kier molecular flexibility index (Phi) is 6.40. The third kappa shape index (κ3) is 5.03. The molecule has 4 rings (SSSR count). The van der Waals surface area contributed by atoms with E-state index in [1.54, 1.807) is 12.1 Å². The van der Waals surface area contributed by atoms with E-state index in [9.17, 15) is 19.7 Å². The Morgan fingerprint density at radius 2 is 1.94 bits per heavy atom. The van der Waals surface area contributed by atoms with Crippen LogP contribution in [0.4, 0.5) is 11.4 Å². The molecule has 0 spiro atoms. The van der Waals surface area contributed by atoms with Gasteiger partial charge in [-0.25, -0.2) is 4.79 Å². The summed E-state index contributed by atoms with van der Waals surface area (Å²) < 4.78 is 6.50. The summed E-state index contributed by atoms with van der Waals surface area (Å²) in [6.45, 7) is 1.92. The number of amides is 1. The van der Waals surface area contributed by atoms with E-state index in [4.69, 9.17) is 9.68 Å². The van der Waals surface area contributed by atoms with Crippen LogP contribution in [0.15, 0.2) is 51.7 Å². The monoisotopic (exact) mass is 449 g/mol. The Labute approximate surface area is 189 Å². The lowest BCUT2D eigenvalue weighted by Gasteiger charge is -2.34. The van der Waals surface area contributed by atoms with E-state index in [2.05, 4.69) is 16.3 Å². The van der Waals surface area contributed by atoms with E-state index in [1.165, 1.54) is 22.8 Å². The molecule has 1 aliphatic heterocycles. The van der Waals surface area contributed by atoms with Crippen molar-refractivity contribution in [2.45, 2.75) is 38.3 Å². The zero-order valence-corrected chi connectivity index (χ0v) is 17.9. The summed E-state index contributed by atoms with van der Waals surface area (Å²) in [6.07, 6.45) is 2.37. The van der Waals surface area contributed by atoms with Crippen molar-refractivity contribution in [2.75, 3.05) is 18.0 Å². The van der Waals surface area contributed by atoms with E-state index in [1.807, 2.05) is 12.1 Å². The molecule has 1 N–H and O–H groups in total. The quantitative estimate of drug-likeness (QED) is 0.433. The van der Waals surface area contributed by atoms with Crippen molar-refractivity contribution < 1.29 is 14.1 Å². The number of carbonyl (C=O) groups excluding carboxylic acids is 1. The minimum atomic E-state index is -0.596. The Balaban J connectivity index is 1.25. The fourth-order valence-corrected chi connectivity index (χ4v) is 4.11. The summed E-state index contributed by atoms with van der Waals surface area (Å²) >= 11 is 0. The number of fused-ring (bicyclic) bond motifs is 1. The van der Waals surface area contributed by atoms with Crippen LogP contribution in [-0.4, -0.2) is 34.5 Å². The number of benzene rings is 2. The molecule has 2 aromatic carbocycles. The third-order valence-corrected chi connectivity index (χ3v) is 5.87. The summed E-state index contributed by atoms with van der Waals surface area (Å²) in [7, 11) is 0. The average Bonchev–Trinajstić information content (AvgIpc) is 3.14. The first-order chi connectivity index (χ1) is 15.9. The van der Waals surface area contributed by atoms with E-state index >= 15 is 0 Å². The second kappa shape index (κ2) is 9.56. The highest BCUT2D eigenvalue weighted by atomic mass is 16.6. The summed E-state index contributed by atoms with van der Waals surface area (Å²) in [5.41, 5.74) is 2.19. The lowest BCUT2D eigenvalue weighted by atomic mass is 10.0. The Morgan fingerprint density at radius 1 is 1.21 bits per heavy atom. The minimum Gasteiger partial charge on any atom is -0.407 e. The molecule has 0 atom stereocenters. The van der Waals surface area contributed by atoms with Gasteiger partial charge in [0.05, 0.1) is 28.1 Å². The Hall–Kier alpha value is -4.13. The van der Waals surface area contributed by atoms with Gasteiger partial charge in [-0.1, -0.05) is 0 Å². The van der Waals surface area contributed by atoms with E-state index in [0.29, 0.717) is 17.5 Å². The van der Waals surface area contributed by atoms with Crippen LogP contribution in [0.5, 0.6) is 0 Å². The van der Waals surface area contributed by atoms with Gasteiger partial charge in [-0.3, -0.25) is 19.5 Å². The molecule has 1 saturated heterocycles. The standard InChI is InChI=1S/C23H23N5O5/c24-15-16-3-5-18(6-4-16)26-12-9-17(10-13-26)25-22(29)2-1-11-27-20-8-7-19(28(31)32)14-21(20)33-23(27)30/h3-8,14,17H,1-2,9-13H2,(H,25,29). The van der Waals surface area contributed by atoms with Crippen molar-refractivity contribution in [1.82, 2.24) is 9.88 Å². The molecule has 1 fully saturated rings. The molecule has 10 heteroatoms. The van der Waals surface area contributed by atoms with Crippen molar-refractivity contribution in [3.63, 3.8) is 0 Å². The first-order valence-electron chi connectivity index (χ1n) is 10.8. The number of anilines is 1. The van der Waals surface area contributed by atoms with Crippen molar-refractivity contribution in [3.05, 3.63) is 68.7 Å². The molecule has 3 aromatic rings. The third-order valence-electron chi connectivity index (χ3n) is 5.87. The Bertz CT molecular complexity index is 1260. The summed E-state index contributed by atoms with van der Waals surface area (Å²) in [5.74, 6) is -0.663. The molecule has 1 amide bonds.